The van der Waals surface area contributed by atoms with E-state index < -0.39 is 6.10 Å². The number of likely N-dealkylation sites (tertiary alicyclic amines) is 1. The summed E-state index contributed by atoms with van der Waals surface area (Å²) in [5, 5.41) is 20.8. The number of aliphatic hydroxyl groups is 1. The fourth-order valence-corrected chi connectivity index (χ4v) is 3.40. The third kappa shape index (κ3) is 4.25. The van der Waals surface area contributed by atoms with Crippen LogP contribution >= 0.6 is 11.6 Å². The predicted molar refractivity (Wildman–Crippen MR) is 92.5 cm³/mol. The average molecular weight is 332 g/mol. The molecule has 0 aromatic heterocycles. The van der Waals surface area contributed by atoms with Crippen molar-refractivity contribution >= 4 is 11.6 Å². The lowest BCUT2D eigenvalue weighted by molar-refractivity contribution is 0.0567. The standard InChI is InChI=1S/C19H22ClNO2/c20-17-6-4-15(5-7-17)19(23)16-8-10-21(11-9-16)13-14-2-1-3-18(22)12-14/h1-7,12,16,19,22-23H,8-11,13H2. The monoisotopic (exact) mass is 331 g/mol. The van der Waals surface area contributed by atoms with Gasteiger partial charge in [-0.3, -0.25) is 4.90 Å². The second-order valence-corrected chi connectivity index (χ2v) is 6.72. The number of benzene rings is 2. The highest BCUT2D eigenvalue weighted by molar-refractivity contribution is 6.30. The number of halogens is 1. The summed E-state index contributed by atoms with van der Waals surface area (Å²) >= 11 is 5.90. The van der Waals surface area contributed by atoms with Crippen LogP contribution in [0.15, 0.2) is 48.5 Å². The number of nitrogens with zero attached hydrogens (tertiary/aromatic N) is 1. The van der Waals surface area contributed by atoms with Crippen molar-refractivity contribution in [1.82, 2.24) is 4.90 Å². The van der Waals surface area contributed by atoms with Gasteiger partial charge >= 0.3 is 0 Å². The van der Waals surface area contributed by atoms with E-state index in [4.69, 9.17) is 11.6 Å². The molecule has 23 heavy (non-hydrogen) atoms. The van der Waals surface area contributed by atoms with E-state index in [2.05, 4.69) is 4.90 Å². The smallest absolute Gasteiger partial charge is 0.115 e. The molecule has 1 fully saturated rings. The number of aliphatic hydroxyl groups excluding tert-OH is 1. The maximum atomic E-state index is 10.6. The Morgan fingerprint density at radius 3 is 2.43 bits per heavy atom. The maximum Gasteiger partial charge on any atom is 0.115 e. The van der Waals surface area contributed by atoms with Crippen molar-refractivity contribution < 1.29 is 10.2 Å². The van der Waals surface area contributed by atoms with Gasteiger partial charge in [0.1, 0.15) is 5.75 Å². The molecule has 3 rings (SSSR count). The van der Waals surface area contributed by atoms with E-state index in [1.807, 2.05) is 42.5 Å². The van der Waals surface area contributed by atoms with Crippen LogP contribution < -0.4 is 0 Å². The Bertz CT molecular complexity index is 636. The third-order valence-corrected chi connectivity index (χ3v) is 4.86. The average Bonchev–Trinajstić information content (AvgIpc) is 2.56. The van der Waals surface area contributed by atoms with Crippen molar-refractivity contribution in [2.75, 3.05) is 13.1 Å². The number of phenolic OH excluding ortho intramolecular Hbond substituents is 1. The molecule has 1 saturated heterocycles. The number of hydrogen-bond donors (Lipinski definition) is 2. The van der Waals surface area contributed by atoms with E-state index in [1.165, 1.54) is 0 Å². The van der Waals surface area contributed by atoms with Gasteiger partial charge in [0.25, 0.3) is 0 Å². The first-order valence-electron chi connectivity index (χ1n) is 8.05. The molecule has 1 heterocycles. The van der Waals surface area contributed by atoms with Gasteiger partial charge in [-0.05, 0) is 67.2 Å². The van der Waals surface area contributed by atoms with Crippen LogP contribution in [-0.4, -0.2) is 28.2 Å². The van der Waals surface area contributed by atoms with Crippen LogP contribution in [-0.2, 0) is 6.54 Å². The second-order valence-electron chi connectivity index (χ2n) is 6.28. The fraction of sp³-hybridized carbons (Fsp3) is 0.368. The molecular formula is C19H22ClNO2. The van der Waals surface area contributed by atoms with Crippen LogP contribution in [0.25, 0.3) is 0 Å². The van der Waals surface area contributed by atoms with Crippen molar-refractivity contribution in [2.24, 2.45) is 5.92 Å². The molecule has 2 aromatic rings. The van der Waals surface area contributed by atoms with Gasteiger partial charge in [-0.2, -0.15) is 0 Å². The second kappa shape index (κ2) is 7.35. The number of aromatic hydroxyl groups is 1. The summed E-state index contributed by atoms with van der Waals surface area (Å²) in [6.45, 7) is 2.77. The molecule has 0 radical (unpaired) electrons. The summed E-state index contributed by atoms with van der Waals surface area (Å²) in [5.74, 6) is 0.604. The van der Waals surface area contributed by atoms with Crippen molar-refractivity contribution in [3.8, 4) is 5.75 Å². The highest BCUT2D eigenvalue weighted by Gasteiger charge is 2.26. The first-order chi connectivity index (χ1) is 11.1. The quantitative estimate of drug-likeness (QED) is 0.890. The first kappa shape index (κ1) is 16.3. The van der Waals surface area contributed by atoms with E-state index in [-0.39, 0.29) is 5.92 Å². The molecule has 0 saturated carbocycles. The maximum absolute atomic E-state index is 10.6. The molecule has 1 unspecified atom stereocenters. The fourth-order valence-electron chi connectivity index (χ4n) is 3.27. The zero-order valence-corrected chi connectivity index (χ0v) is 13.8. The Kier molecular flexibility index (Phi) is 5.21. The van der Waals surface area contributed by atoms with Gasteiger partial charge in [0, 0.05) is 11.6 Å². The van der Waals surface area contributed by atoms with E-state index in [0.717, 1.165) is 43.6 Å². The highest BCUT2D eigenvalue weighted by Crippen LogP contribution is 2.31. The van der Waals surface area contributed by atoms with Crippen LogP contribution in [0.3, 0.4) is 0 Å². The van der Waals surface area contributed by atoms with Gasteiger partial charge in [-0.1, -0.05) is 35.9 Å². The SMILES string of the molecule is Oc1cccc(CN2CCC(C(O)c3ccc(Cl)cc3)CC2)c1. The Balaban J connectivity index is 1.54. The van der Waals surface area contributed by atoms with Crippen LogP contribution in [0.4, 0.5) is 0 Å². The molecule has 0 spiro atoms. The van der Waals surface area contributed by atoms with Gasteiger partial charge < -0.3 is 10.2 Å². The van der Waals surface area contributed by atoms with Gasteiger partial charge in [0.05, 0.1) is 6.10 Å². The molecule has 1 atom stereocenters. The lowest BCUT2D eigenvalue weighted by atomic mass is 9.87. The van der Waals surface area contributed by atoms with Crippen LogP contribution in [0, 0.1) is 5.92 Å². The summed E-state index contributed by atoms with van der Waals surface area (Å²) in [7, 11) is 0. The van der Waals surface area contributed by atoms with Gasteiger partial charge in [-0.15, -0.1) is 0 Å². The molecular weight excluding hydrogens is 310 g/mol. The summed E-state index contributed by atoms with van der Waals surface area (Å²) in [6.07, 6.45) is 1.53. The van der Waals surface area contributed by atoms with E-state index >= 15 is 0 Å². The number of piperidine rings is 1. The first-order valence-corrected chi connectivity index (χ1v) is 8.43. The van der Waals surface area contributed by atoms with Gasteiger partial charge in [-0.25, -0.2) is 0 Å². The normalized spacial score (nSPS) is 18.0. The predicted octanol–water partition coefficient (Wildman–Crippen LogP) is 3.99. The zero-order chi connectivity index (χ0) is 16.2. The van der Waals surface area contributed by atoms with E-state index in [9.17, 15) is 10.2 Å². The van der Waals surface area contributed by atoms with E-state index in [1.54, 1.807) is 6.07 Å². The summed E-state index contributed by atoms with van der Waals surface area (Å²) in [4.78, 5) is 2.37. The minimum Gasteiger partial charge on any atom is -0.508 e. The van der Waals surface area contributed by atoms with Crippen LogP contribution in [0.5, 0.6) is 5.75 Å². The van der Waals surface area contributed by atoms with Crippen LogP contribution in [0.2, 0.25) is 5.02 Å². The summed E-state index contributed by atoms with van der Waals surface area (Å²) < 4.78 is 0. The summed E-state index contributed by atoms with van der Waals surface area (Å²) in [5.41, 5.74) is 2.07. The minimum atomic E-state index is -0.421. The zero-order valence-electron chi connectivity index (χ0n) is 13.0. The highest BCUT2D eigenvalue weighted by atomic mass is 35.5. The molecule has 1 aliphatic rings. The van der Waals surface area contributed by atoms with Crippen molar-refractivity contribution in [2.45, 2.75) is 25.5 Å². The molecule has 122 valence electrons. The number of hydrogen-bond acceptors (Lipinski definition) is 3. The largest absolute Gasteiger partial charge is 0.508 e. The van der Waals surface area contributed by atoms with Crippen molar-refractivity contribution in [3.05, 3.63) is 64.7 Å². The lowest BCUT2D eigenvalue weighted by Crippen LogP contribution is -2.35. The van der Waals surface area contributed by atoms with Gasteiger partial charge in [0.15, 0.2) is 0 Å². The molecule has 1 aliphatic heterocycles. The Hall–Kier alpha value is -1.55. The lowest BCUT2D eigenvalue weighted by Gasteiger charge is -2.34. The minimum absolute atomic E-state index is 0.289. The molecule has 0 aliphatic carbocycles. The Labute approximate surface area is 142 Å². The molecule has 4 heteroatoms. The molecule has 0 amide bonds. The molecule has 2 N–H and O–H groups in total. The molecule has 0 bridgehead atoms. The number of phenols is 1. The Morgan fingerprint density at radius 2 is 1.78 bits per heavy atom. The third-order valence-electron chi connectivity index (χ3n) is 4.61. The van der Waals surface area contributed by atoms with E-state index in [0.29, 0.717) is 10.8 Å². The topological polar surface area (TPSA) is 43.7 Å². The molecule has 3 nitrogen and oxygen atoms in total. The Morgan fingerprint density at radius 1 is 1.09 bits per heavy atom. The van der Waals surface area contributed by atoms with Gasteiger partial charge in [0.2, 0.25) is 0 Å². The summed E-state index contributed by atoms with van der Waals surface area (Å²) in [6, 6.07) is 14.9. The molecule has 2 aromatic carbocycles. The van der Waals surface area contributed by atoms with Crippen molar-refractivity contribution in [1.29, 1.82) is 0 Å². The van der Waals surface area contributed by atoms with Crippen LogP contribution in [0.1, 0.15) is 30.1 Å². The number of rotatable bonds is 4. The van der Waals surface area contributed by atoms with Crippen molar-refractivity contribution in [3.63, 3.8) is 0 Å².